The van der Waals surface area contributed by atoms with Crippen LogP contribution in [0.5, 0.6) is 0 Å². The summed E-state index contributed by atoms with van der Waals surface area (Å²) in [5.74, 6) is 2.98. The van der Waals surface area contributed by atoms with Crippen LogP contribution in [0.1, 0.15) is 109 Å². The van der Waals surface area contributed by atoms with Crippen molar-refractivity contribution in [2.45, 2.75) is 109 Å². The Bertz CT molecular complexity index is 225. The highest BCUT2D eigenvalue weighted by Gasteiger charge is 2.29. The van der Waals surface area contributed by atoms with Gasteiger partial charge in [0, 0.05) is 6.61 Å². The molecular weight excluding hydrogens is 268 g/mol. The van der Waals surface area contributed by atoms with Gasteiger partial charge in [-0.25, -0.2) is 0 Å². The van der Waals surface area contributed by atoms with Crippen LogP contribution in [0.2, 0.25) is 0 Å². The smallest absolute Gasteiger partial charge is 0.0431 e. The fourth-order valence-electron chi connectivity index (χ4n) is 5.18. The Morgan fingerprint density at radius 1 is 0.591 bits per heavy atom. The molecule has 0 saturated heterocycles. The summed E-state index contributed by atoms with van der Waals surface area (Å²) < 4.78 is 0. The van der Waals surface area contributed by atoms with Crippen LogP contribution in [-0.2, 0) is 0 Å². The Labute approximate surface area is 139 Å². The Balaban J connectivity index is 1.95. The largest absolute Gasteiger partial charge is 0.396 e. The van der Waals surface area contributed by atoms with Crippen LogP contribution in [0.25, 0.3) is 0 Å². The van der Waals surface area contributed by atoms with E-state index in [2.05, 4.69) is 0 Å². The molecule has 1 heteroatoms. The van der Waals surface area contributed by atoms with Gasteiger partial charge in [-0.15, -0.1) is 0 Å². The molecule has 0 heterocycles. The molecule has 0 spiro atoms. The van der Waals surface area contributed by atoms with E-state index in [4.69, 9.17) is 5.11 Å². The molecule has 0 atom stereocenters. The zero-order chi connectivity index (χ0) is 15.5. The van der Waals surface area contributed by atoms with Crippen LogP contribution in [-0.4, -0.2) is 11.7 Å². The Hall–Kier alpha value is -0.0400. The normalized spacial score (nSPS) is 23.7. The van der Waals surface area contributed by atoms with Gasteiger partial charge in [0.15, 0.2) is 0 Å². The zero-order valence-electron chi connectivity index (χ0n) is 14.9. The fraction of sp³-hybridized carbons (Fsp3) is 1.00. The molecule has 0 aromatic heterocycles. The molecule has 22 heavy (non-hydrogen) atoms. The maximum absolute atomic E-state index is 9.16. The number of hydrogen-bond acceptors (Lipinski definition) is 1. The molecule has 0 unspecified atom stereocenters. The summed E-state index contributed by atoms with van der Waals surface area (Å²) >= 11 is 0. The first-order chi connectivity index (χ1) is 10.9. The molecule has 2 fully saturated rings. The minimum Gasteiger partial charge on any atom is -0.396 e. The molecule has 2 saturated carbocycles. The zero-order valence-corrected chi connectivity index (χ0v) is 14.9. The first-order valence-electron chi connectivity index (χ1n) is 10.5. The van der Waals surface area contributed by atoms with Crippen molar-refractivity contribution in [2.24, 2.45) is 17.8 Å². The molecule has 2 aliphatic carbocycles. The number of unbranched alkanes of at least 4 members (excludes halogenated alkanes) is 1. The van der Waals surface area contributed by atoms with Crippen molar-refractivity contribution in [3.63, 3.8) is 0 Å². The second kappa shape index (κ2) is 11.5. The maximum atomic E-state index is 9.16. The van der Waals surface area contributed by atoms with E-state index in [1.165, 1.54) is 103 Å². The molecule has 0 aromatic carbocycles. The van der Waals surface area contributed by atoms with Crippen molar-refractivity contribution in [1.29, 1.82) is 0 Å². The van der Waals surface area contributed by atoms with E-state index in [-0.39, 0.29) is 0 Å². The van der Waals surface area contributed by atoms with Crippen molar-refractivity contribution in [1.82, 2.24) is 0 Å². The van der Waals surface area contributed by atoms with Crippen molar-refractivity contribution in [3.05, 3.63) is 0 Å². The minimum atomic E-state index is 0.391. The lowest BCUT2D eigenvalue weighted by Crippen LogP contribution is -2.25. The third-order valence-electron chi connectivity index (χ3n) is 6.46. The predicted molar refractivity (Wildman–Crippen MR) is 96.0 cm³/mol. The summed E-state index contributed by atoms with van der Waals surface area (Å²) in [6, 6.07) is 0. The minimum absolute atomic E-state index is 0.391. The van der Waals surface area contributed by atoms with E-state index in [0.29, 0.717) is 6.61 Å². The Morgan fingerprint density at radius 2 is 1.00 bits per heavy atom. The van der Waals surface area contributed by atoms with E-state index < -0.39 is 0 Å². The number of aliphatic hydroxyl groups excluding tert-OH is 1. The third-order valence-corrected chi connectivity index (χ3v) is 6.46. The molecule has 1 N–H and O–H groups in total. The molecule has 2 aliphatic rings. The molecule has 0 amide bonds. The van der Waals surface area contributed by atoms with Crippen molar-refractivity contribution < 1.29 is 5.11 Å². The van der Waals surface area contributed by atoms with E-state index in [1.54, 1.807) is 0 Å². The lowest BCUT2D eigenvalue weighted by molar-refractivity contribution is 0.145. The van der Waals surface area contributed by atoms with Gasteiger partial charge in [-0.3, -0.25) is 0 Å². The van der Waals surface area contributed by atoms with E-state index in [1.807, 2.05) is 0 Å². The number of rotatable bonds is 6. The van der Waals surface area contributed by atoms with Crippen LogP contribution in [0, 0.1) is 17.8 Å². The van der Waals surface area contributed by atoms with E-state index in [0.717, 1.165) is 24.2 Å². The third kappa shape index (κ3) is 6.60. The van der Waals surface area contributed by atoms with E-state index in [9.17, 15) is 0 Å². The lowest BCUT2D eigenvalue weighted by Gasteiger charge is -2.36. The van der Waals surface area contributed by atoms with Gasteiger partial charge in [-0.1, -0.05) is 96.3 Å². The summed E-state index contributed by atoms with van der Waals surface area (Å²) in [6.45, 7) is 0.391. The maximum Gasteiger partial charge on any atom is 0.0431 e. The highest BCUT2D eigenvalue weighted by Crippen LogP contribution is 2.40. The van der Waals surface area contributed by atoms with Crippen molar-refractivity contribution in [3.8, 4) is 0 Å². The quantitative estimate of drug-likeness (QED) is 0.556. The fourth-order valence-corrected chi connectivity index (χ4v) is 5.18. The predicted octanol–water partition coefficient (Wildman–Crippen LogP) is 6.49. The van der Waals surface area contributed by atoms with Gasteiger partial charge in [0.05, 0.1) is 0 Å². The average Bonchev–Trinajstić information content (AvgIpc) is 2.45. The van der Waals surface area contributed by atoms with Crippen LogP contribution in [0.4, 0.5) is 0 Å². The summed E-state index contributed by atoms with van der Waals surface area (Å²) in [5, 5.41) is 9.16. The molecule has 2 rings (SSSR count). The second-order valence-corrected chi connectivity index (χ2v) is 8.09. The Kier molecular flexibility index (Phi) is 9.56. The van der Waals surface area contributed by atoms with Gasteiger partial charge in [0.1, 0.15) is 0 Å². The average molecular weight is 309 g/mol. The number of aliphatic hydroxyl groups is 1. The van der Waals surface area contributed by atoms with Crippen LogP contribution in [0.15, 0.2) is 0 Å². The summed E-state index contributed by atoms with van der Waals surface area (Å²) in [6.07, 6.45) is 24.5. The highest BCUT2D eigenvalue weighted by atomic mass is 16.2. The molecule has 0 bridgehead atoms. The summed E-state index contributed by atoms with van der Waals surface area (Å²) in [7, 11) is 0. The first kappa shape index (κ1) is 18.3. The van der Waals surface area contributed by atoms with Crippen molar-refractivity contribution >= 4 is 0 Å². The summed E-state index contributed by atoms with van der Waals surface area (Å²) in [4.78, 5) is 0. The molecule has 1 nitrogen and oxygen atoms in total. The van der Waals surface area contributed by atoms with Gasteiger partial charge in [0.25, 0.3) is 0 Å². The topological polar surface area (TPSA) is 20.2 Å². The summed E-state index contributed by atoms with van der Waals surface area (Å²) in [5.41, 5.74) is 0. The molecule has 0 aliphatic heterocycles. The monoisotopic (exact) mass is 308 g/mol. The molecule has 0 radical (unpaired) electrons. The van der Waals surface area contributed by atoms with Gasteiger partial charge >= 0.3 is 0 Å². The van der Waals surface area contributed by atoms with Crippen LogP contribution >= 0.6 is 0 Å². The van der Waals surface area contributed by atoms with Gasteiger partial charge in [-0.05, 0) is 30.6 Å². The van der Waals surface area contributed by atoms with Gasteiger partial charge in [-0.2, -0.15) is 0 Å². The SMILES string of the molecule is OCCCCC(C1CCCCCCC1)C1CCCCCCC1. The highest BCUT2D eigenvalue weighted by molar-refractivity contribution is 4.80. The first-order valence-corrected chi connectivity index (χ1v) is 10.5. The standard InChI is InChI=1S/C21H40O/c22-18-12-11-17-21(19-13-7-3-1-4-8-14-19)20-15-9-5-2-6-10-16-20/h19-22H,1-18H2. The van der Waals surface area contributed by atoms with Gasteiger partial charge in [0.2, 0.25) is 0 Å². The lowest BCUT2D eigenvalue weighted by atomic mass is 9.69. The molecule has 0 aromatic rings. The van der Waals surface area contributed by atoms with E-state index >= 15 is 0 Å². The Morgan fingerprint density at radius 3 is 1.41 bits per heavy atom. The number of hydrogen-bond donors (Lipinski definition) is 1. The van der Waals surface area contributed by atoms with Gasteiger partial charge < -0.3 is 5.11 Å². The van der Waals surface area contributed by atoms with Crippen LogP contribution < -0.4 is 0 Å². The second-order valence-electron chi connectivity index (χ2n) is 8.09. The van der Waals surface area contributed by atoms with Crippen molar-refractivity contribution in [2.75, 3.05) is 6.61 Å². The molecular formula is C21H40O. The van der Waals surface area contributed by atoms with Crippen LogP contribution in [0.3, 0.4) is 0 Å². The molecule has 130 valence electrons.